The van der Waals surface area contributed by atoms with Gasteiger partial charge in [0.15, 0.2) is 12.0 Å². The lowest BCUT2D eigenvalue weighted by molar-refractivity contribution is -0.270. The summed E-state index contributed by atoms with van der Waals surface area (Å²) >= 11 is 5.98. The number of nitrogens with zero attached hydrogens (tertiary/aromatic N) is 2. The van der Waals surface area contributed by atoms with Crippen molar-refractivity contribution in [1.82, 2.24) is 4.90 Å². The van der Waals surface area contributed by atoms with Gasteiger partial charge in [0.1, 0.15) is 0 Å². The molecule has 4 aliphatic rings. The fraction of sp³-hybridized carbons (Fsp3) is 0.250. The minimum Gasteiger partial charge on any atom is -0.478 e. The van der Waals surface area contributed by atoms with E-state index >= 15 is 0 Å². The molecule has 0 spiro atoms. The first-order chi connectivity index (χ1) is 10.4. The second-order valence-corrected chi connectivity index (χ2v) is 6.17. The number of rotatable bonds is 2. The molecule has 2 unspecified atom stereocenters. The van der Waals surface area contributed by atoms with Crippen molar-refractivity contribution in [2.45, 2.75) is 25.8 Å². The maximum atomic E-state index is 11.4. The van der Waals surface area contributed by atoms with Crippen molar-refractivity contribution >= 4 is 23.6 Å². The number of benzene rings is 1. The Morgan fingerprint density at radius 2 is 2.32 bits per heavy atom. The molecule has 0 aromatic heterocycles. The third kappa shape index (κ3) is 1.63. The molecule has 1 aromatic carbocycles. The van der Waals surface area contributed by atoms with E-state index in [0.29, 0.717) is 10.6 Å². The van der Waals surface area contributed by atoms with Crippen LogP contribution in [0.4, 0.5) is 0 Å². The Morgan fingerprint density at radius 1 is 1.55 bits per heavy atom. The molecule has 0 amide bonds. The second-order valence-electron chi connectivity index (χ2n) is 5.74. The van der Waals surface area contributed by atoms with E-state index in [2.05, 4.69) is 4.99 Å². The molecule has 1 saturated heterocycles. The standard InChI is InChI=1S/C16H13ClN2O3/c1-8-13(15(20)21)16(2)19(14(8)22-16)7-11-6-9-5-10(17)3-4-12(9)18-11/h3-7,14H,1-2H3,(H,20,21)/b11-7-. The molecule has 0 aliphatic carbocycles. The lowest BCUT2D eigenvalue weighted by Crippen LogP contribution is -2.60. The lowest BCUT2D eigenvalue weighted by atomic mass is 10.1. The van der Waals surface area contributed by atoms with Gasteiger partial charge in [-0.2, -0.15) is 0 Å². The summed E-state index contributed by atoms with van der Waals surface area (Å²) in [5.74, 6) is -0.939. The quantitative estimate of drug-likeness (QED) is 0.895. The van der Waals surface area contributed by atoms with Crippen molar-refractivity contribution in [2.24, 2.45) is 4.99 Å². The Hall–Kier alpha value is -2.11. The molecule has 5 nitrogen and oxygen atoms in total. The highest BCUT2D eigenvalue weighted by Crippen LogP contribution is 2.51. The van der Waals surface area contributed by atoms with Gasteiger partial charge in [0, 0.05) is 16.4 Å². The first-order valence-electron chi connectivity index (χ1n) is 6.89. The van der Waals surface area contributed by atoms with Crippen molar-refractivity contribution < 1.29 is 14.6 Å². The third-order valence-electron chi connectivity index (χ3n) is 4.34. The molecule has 4 heterocycles. The average Bonchev–Trinajstić information content (AvgIpc) is 3.01. The first-order valence-corrected chi connectivity index (χ1v) is 7.26. The predicted molar refractivity (Wildman–Crippen MR) is 80.2 cm³/mol. The van der Waals surface area contributed by atoms with Crippen LogP contribution < -0.4 is 10.6 Å². The molecule has 5 rings (SSSR count). The summed E-state index contributed by atoms with van der Waals surface area (Å²) in [6.45, 7) is 3.56. The van der Waals surface area contributed by atoms with Gasteiger partial charge < -0.3 is 14.7 Å². The molecular formula is C16H13ClN2O3. The summed E-state index contributed by atoms with van der Waals surface area (Å²) in [6.07, 6.45) is 3.46. The van der Waals surface area contributed by atoms with Gasteiger partial charge in [0.2, 0.25) is 0 Å². The number of allylic oxidation sites excluding steroid dienone is 1. The summed E-state index contributed by atoms with van der Waals surface area (Å²) < 4.78 is 5.69. The van der Waals surface area contributed by atoms with E-state index in [0.717, 1.165) is 21.8 Å². The second kappa shape index (κ2) is 4.21. The molecule has 4 aliphatic heterocycles. The summed E-state index contributed by atoms with van der Waals surface area (Å²) in [5, 5.41) is 11.8. The largest absolute Gasteiger partial charge is 0.478 e. The highest BCUT2D eigenvalue weighted by molar-refractivity contribution is 6.30. The first kappa shape index (κ1) is 13.5. The van der Waals surface area contributed by atoms with Crippen molar-refractivity contribution in [1.29, 1.82) is 0 Å². The van der Waals surface area contributed by atoms with Crippen LogP contribution in [-0.4, -0.2) is 27.9 Å². The van der Waals surface area contributed by atoms with Crippen molar-refractivity contribution in [3.63, 3.8) is 0 Å². The maximum Gasteiger partial charge on any atom is 0.336 e. The van der Waals surface area contributed by atoms with E-state index in [9.17, 15) is 9.90 Å². The monoisotopic (exact) mass is 316 g/mol. The highest BCUT2D eigenvalue weighted by atomic mass is 35.5. The smallest absolute Gasteiger partial charge is 0.336 e. The molecule has 1 aromatic rings. The number of hydrogen-bond donors (Lipinski definition) is 1. The number of carbonyl (C=O) groups is 1. The van der Waals surface area contributed by atoms with Gasteiger partial charge in [-0.25, -0.2) is 9.79 Å². The minimum atomic E-state index is -0.939. The molecule has 0 saturated carbocycles. The minimum absolute atomic E-state index is 0.313. The number of ether oxygens (including phenoxy) is 1. The third-order valence-corrected chi connectivity index (χ3v) is 4.58. The van der Waals surface area contributed by atoms with Crippen LogP contribution in [0.15, 0.2) is 46.2 Å². The molecule has 2 atom stereocenters. The number of carboxylic acid groups (broad SMARTS) is 1. The van der Waals surface area contributed by atoms with Crippen LogP contribution in [-0.2, 0) is 9.53 Å². The van der Waals surface area contributed by atoms with Crippen LogP contribution in [0.25, 0.3) is 6.08 Å². The van der Waals surface area contributed by atoms with E-state index in [1.807, 2.05) is 29.3 Å². The van der Waals surface area contributed by atoms with Gasteiger partial charge in [-0.1, -0.05) is 11.6 Å². The normalized spacial score (nSPS) is 30.0. The number of carboxylic acids is 1. The molecular weight excluding hydrogens is 304 g/mol. The Bertz CT molecular complexity index is 902. The van der Waals surface area contributed by atoms with Crippen molar-refractivity contribution in [2.75, 3.05) is 0 Å². The van der Waals surface area contributed by atoms with Gasteiger partial charge in [-0.3, -0.25) is 0 Å². The van der Waals surface area contributed by atoms with Crippen LogP contribution in [0.2, 0.25) is 5.02 Å². The zero-order valence-corrected chi connectivity index (χ0v) is 12.8. The Kier molecular flexibility index (Phi) is 2.59. The molecule has 22 heavy (non-hydrogen) atoms. The van der Waals surface area contributed by atoms with Gasteiger partial charge in [-0.05, 0) is 43.7 Å². The maximum absolute atomic E-state index is 11.4. The molecule has 1 N–H and O–H groups in total. The van der Waals surface area contributed by atoms with E-state index < -0.39 is 11.7 Å². The van der Waals surface area contributed by atoms with Crippen LogP contribution >= 0.6 is 11.6 Å². The summed E-state index contributed by atoms with van der Waals surface area (Å²) in [4.78, 5) is 17.8. The van der Waals surface area contributed by atoms with E-state index in [-0.39, 0.29) is 6.23 Å². The fourth-order valence-electron chi connectivity index (χ4n) is 3.32. The van der Waals surface area contributed by atoms with Gasteiger partial charge in [0.25, 0.3) is 0 Å². The fourth-order valence-corrected chi connectivity index (χ4v) is 3.50. The topological polar surface area (TPSA) is 62.1 Å². The highest BCUT2D eigenvalue weighted by Gasteiger charge is 2.61. The zero-order valence-electron chi connectivity index (χ0n) is 12.0. The van der Waals surface area contributed by atoms with E-state index in [1.165, 1.54) is 0 Å². The average molecular weight is 317 g/mol. The van der Waals surface area contributed by atoms with E-state index in [1.54, 1.807) is 19.9 Å². The summed E-state index contributed by atoms with van der Waals surface area (Å²) in [6, 6.07) is 5.52. The lowest BCUT2D eigenvalue weighted by Gasteiger charge is -2.49. The van der Waals surface area contributed by atoms with Crippen LogP contribution in [0.3, 0.4) is 0 Å². The molecule has 0 radical (unpaired) electrons. The Labute approximate surface area is 131 Å². The van der Waals surface area contributed by atoms with Gasteiger partial charge in [-0.15, -0.1) is 0 Å². The van der Waals surface area contributed by atoms with Crippen molar-refractivity contribution in [3.8, 4) is 0 Å². The zero-order chi connectivity index (χ0) is 15.6. The van der Waals surface area contributed by atoms with Crippen LogP contribution in [0.1, 0.15) is 13.8 Å². The molecule has 112 valence electrons. The molecule has 2 bridgehead atoms. The predicted octanol–water partition coefficient (Wildman–Crippen LogP) is 1.38. The Morgan fingerprint density at radius 3 is 3.00 bits per heavy atom. The number of fused-ring (bicyclic) bond motifs is 1. The summed E-state index contributed by atoms with van der Waals surface area (Å²) in [7, 11) is 0. The van der Waals surface area contributed by atoms with Gasteiger partial charge >= 0.3 is 5.97 Å². The van der Waals surface area contributed by atoms with E-state index in [4.69, 9.17) is 16.3 Å². The number of hydrogen-bond acceptors (Lipinski definition) is 4. The molecule has 1 fully saturated rings. The summed E-state index contributed by atoms with van der Waals surface area (Å²) in [5.41, 5.74) is 0.901. The van der Waals surface area contributed by atoms with Crippen LogP contribution in [0, 0.1) is 0 Å². The van der Waals surface area contributed by atoms with Crippen molar-refractivity contribution in [3.05, 3.63) is 56.8 Å². The SMILES string of the molecule is CC1=C(C(=O)O)C2(C)OC1N2/C=C1/C=c2cc(Cl)ccc2=N1. The van der Waals surface area contributed by atoms with Gasteiger partial charge in [0.05, 0.1) is 16.6 Å². The number of aliphatic carboxylic acids is 1. The Balaban J connectivity index is 1.72. The number of halogens is 1. The van der Waals surface area contributed by atoms with Crippen LogP contribution in [0.5, 0.6) is 0 Å². The molecule has 6 heteroatoms.